The van der Waals surface area contributed by atoms with Gasteiger partial charge in [0.2, 0.25) is 0 Å². The number of rotatable bonds is 5. The molecule has 0 bridgehead atoms. The normalized spacial score (nSPS) is 11.2. The fourth-order valence-electron chi connectivity index (χ4n) is 2.48. The molecule has 0 aliphatic heterocycles. The highest BCUT2D eigenvalue weighted by Crippen LogP contribution is 2.17. The Morgan fingerprint density at radius 1 is 1.19 bits per heavy atom. The smallest absolute Gasteiger partial charge is 0.157 e. The van der Waals surface area contributed by atoms with Crippen LogP contribution in [0.2, 0.25) is 0 Å². The molecule has 6 heteroatoms. The number of hydrogen-bond acceptors (Lipinski definition) is 4. The SMILES string of the molecule is Cc1cc(N(C)CCCn2cccn2)n2nc(C)cc2n1. The van der Waals surface area contributed by atoms with Crippen molar-refractivity contribution in [3.63, 3.8) is 0 Å². The second kappa shape index (κ2) is 5.55. The topological polar surface area (TPSA) is 51.2 Å². The molecule has 0 saturated carbocycles. The van der Waals surface area contributed by atoms with Crippen molar-refractivity contribution in [1.29, 1.82) is 0 Å². The maximum atomic E-state index is 4.53. The first-order chi connectivity index (χ1) is 10.1. The monoisotopic (exact) mass is 284 g/mol. The van der Waals surface area contributed by atoms with Gasteiger partial charge in [-0.3, -0.25) is 4.68 Å². The average molecular weight is 284 g/mol. The molecule has 0 unspecified atom stereocenters. The van der Waals surface area contributed by atoms with Crippen molar-refractivity contribution in [3.8, 4) is 0 Å². The lowest BCUT2D eigenvalue weighted by Gasteiger charge is -2.20. The molecule has 0 atom stereocenters. The molecule has 0 amide bonds. The van der Waals surface area contributed by atoms with Crippen molar-refractivity contribution in [2.75, 3.05) is 18.5 Å². The van der Waals surface area contributed by atoms with Crippen molar-refractivity contribution < 1.29 is 0 Å². The van der Waals surface area contributed by atoms with Crippen LogP contribution in [0.25, 0.3) is 5.65 Å². The van der Waals surface area contributed by atoms with E-state index >= 15 is 0 Å². The van der Waals surface area contributed by atoms with Crippen LogP contribution in [0.3, 0.4) is 0 Å². The van der Waals surface area contributed by atoms with Crippen LogP contribution in [0.5, 0.6) is 0 Å². The van der Waals surface area contributed by atoms with E-state index in [0.717, 1.165) is 42.4 Å². The number of nitrogens with zero attached hydrogens (tertiary/aromatic N) is 6. The number of anilines is 1. The lowest BCUT2D eigenvalue weighted by Crippen LogP contribution is -2.23. The fourth-order valence-corrected chi connectivity index (χ4v) is 2.48. The Balaban J connectivity index is 1.75. The predicted molar refractivity (Wildman–Crippen MR) is 82.6 cm³/mol. The zero-order valence-electron chi connectivity index (χ0n) is 12.7. The van der Waals surface area contributed by atoms with Gasteiger partial charge in [-0.25, -0.2) is 4.98 Å². The molecule has 0 saturated heterocycles. The van der Waals surface area contributed by atoms with Crippen LogP contribution in [-0.2, 0) is 6.54 Å². The molecular weight excluding hydrogens is 264 g/mol. The van der Waals surface area contributed by atoms with E-state index in [-0.39, 0.29) is 0 Å². The molecule has 21 heavy (non-hydrogen) atoms. The van der Waals surface area contributed by atoms with Crippen molar-refractivity contribution in [2.45, 2.75) is 26.8 Å². The van der Waals surface area contributed by atoms with Crippen LogP contribution in [0.4, 0.5) is 5.82 Å². The number of hydrogen-bond donors (Lipinski definition) is 0. The maximum Gasteiger partial charge on any atom is 0.157 e. The molecule has 0 N–H and O–H groups in total. The summed E-state index contributed by atoms with van der Waals surface area (Å²) in [5, 5.41) is 8.75. The minimum atomic E-state index is 0.904. The van der Waals surface area contributed by atoms with E-state index in [1.54, 1.807) is 0 Å². The highest BCUT2D eigenvalue weighted by atomic mass is 15.3. The predicted octanol–water partition coefficient (Wildman–Crippen LogP) is 2.07. The minimum absolute atomic E-state index is 0.904. The van der Waals surface area contributed by atoms with Gasteiger partial charge in [0.15, 0.2) is 5.65 Å². The molecule has 0 spiro atoms. The van der Waals surface area contributed by atoms with Crippen LogP contribution < -0.4 is 4.90 Å². The Kier molecular flexibility index (Phi) is 3.60. The molecular formula is C15H20N6. The highest BCUT2D eigenvalue weighted by Gasteiger charge is 2.10. The second-order valence-electron chi connectivity index (χ2n) is 5.36. The summed E-state index contributed by atoms with van der Waals surface area (Å²) in [6, 6.07) is 6.04. The number of aromatic nitrogens is 5. The molecule has 0 radical (unpaired) electrons. The van der Waals surface area contributed by atoms with Crippen molar-refractivity contribution in [2.24, 2.45) is 0 Å². The molecule has 6 nitrogen and oxygen atoms in total. The second-order valence-corrected chi connectivity index (χ2v) is 5.36. The fraction of sp³-hybridized carbons (Fsp3) is 0.400. The Hall–Kier alpha value is -2.37. The summed E-state index contributed by atoms with van der Waals surface area (Å²) in [5.74, 6) is 1.08. The van der Waals surface area contributed by atoms with Crippen LogP contribution in [0.1, 0.15) is 17.8 Å². The number of fused-ring (bicyclic) bond motifs is 1. The van der Waals surface area contributed by atoms with E-state index < -0.39 is 0 Å². The third-order valence-corrected chi connectivity index (χ3v) is 3.49. The molecule has 3 aromatic rings. The zero-order valence-corrected chi connectivity index (χ0v) is 12.7. The van der Waals surface area contributed by atoms with Gasteiger partial charge in [-0.1, -0.05) is 0 Å². The van der Waals surface area contributed by atoms with Crippen molar-refractivity contribution in [3.05, 3.63) is 42.0 Å². The van der Waals surface area contributed by atoms with Gasteiger partial charge in [-0.15, -0.1) is 0 Å². The molecule has 0 aliphatic carbocycles. The Bertz CT molecular complexity index is 728. The first-order valence-electron chi connectivity index (χ1n) is 7.16. The van der Waals surface area contributed by atoms with Gasteiger partial charge >= 0.3 is 0 Å². The summed E-state index contributed by atoms with van der Waals surface area (Å²) in [6.07, 6.45) is 4.83. The van der Waals surface area contributed by atoms with E-state index in [1.165, 1.54) is 0 Å². The van der Waals surface area contributed by atoms with E-state index in [9.17, 15) is 0 Å². The summed E-state index contributed by atoms with van der Waals surface area (Å²) in [6.45, 7) is 5.87. The summed E-state index contributed by atoms with van der Waals surface area (Å²) < 4.78 is 3.87. The third kappa shape index (κ3) is 2.89. The van der Waals surface area contributed by atoms with Crippen LogP contribution in [0, 0.1) is 13.8 Å². The molecule has 0 aliphatic rings. The Morgan fingerprint density at radius 2 is 2.05 bits per heavy atom. The molecule has 3 heterocycles. The van der Waals surface area contributed by atoms with E-state index in [4.69, 9.17) is 0 Å². The standard InChI is InChI=1S/C15H20N6/c1-12-11-15(21-14(17-12)10-13(2)18-21)19(3)7-5-9-20-8-4-6-16-20/h4,6,8,10-11H,5,7,9H2,1-3H3. The number of aryl methyl sites for hydroxylation is 3. The third-order valence-electron chi connectivity index (χ3n) is 3.49. The van der Waals surface area contributed by atoms with Crippen molar-refractivity contribution in [1.82, 2.24) is 24.4 Å². The van der Waals surface area contributed by atoms with Gasteiger partial charge in [0, 0.05) is 50.4 Å². The van der Waals surface area contributed by atoms with Gasteiger partial charge in [0.25, 0.3) is 0 Å². The Labute approximate surface area is 124 Å². The summed E-state index contributed by atoms with van der Waals surface area (Å²) in [4.78, 5) is 6.74. The van der Waals surface area contributed by atoms with Gasteiger partial charge in [0.05, 0.1) is 5.69 Å². The summed E-state index contributed by atoms with van der Waals surface area (Å²) >= 11 is 0. The lowest BCUT2D eigenvalue weighted by molar-refractivity contribution is 0.575. The van der Waals surface area contributed by atoms with Gasteiger partial charge < -0.3 is 4.90 Å². The van der Waals surface area contributed by atoms with Gasteiger partial charge in [-0.05, 0) is 26.3 Å². The van der Waals surface area contributed by atoms with Crippen molar-refractivity contribution >= 4 is 11.5 Å². The van der Waals surface area contributed by atoms with Crippen LogP contribution in [0.15, 0.2) is 30.6 Å². The average Bonchev–Trinajstić information content (AvgIpc) is 3.06. The summed E-state index contributed by atoms with van der Waals surface area (Å²) in [7, 11) is 2.09. The highest BCUT2D eigenvalue weighted by molar-refractivity contribution is 5.51. The van der Waals surface area contributed by atoms with E-state index in [2.05, 4.69) is 33.2 Å². The largest absolute Gasteiger partial charge is 0.359 e. The quantitative estimate of drug-likeness (QED) is 0.719. The Morgan fingerprint density at radius 3 is 2.81 bits per heavy atom. The van der Waals surface area contributed by atoms with Crippen LogP contribution >= 0.6 is 0 Å². The molecule has 3 aromatic heterocycles. The first-order valence-corrected chi connectivity index (χ1v) is 7.16. The van der Waals surface area contributed by atoms with E-state index in [1.807, 2.05) is 47.6 Å². The molecule has 0 aromatic carbocycles. The summed E-state index contributed by atoms with van der Waals surface area (Å²) in [5.41, 5.74) is 2.90. The lowest BCUT2D eigenvalue weighted by atomic mass is 10.3. The molecule has 3 rings (SSSR count). The van der Waals surface area contributed by atoms with Crippen LogP contribution in [-0.4, -0.2) is 38.0 Å². The first kappa shape index (κ1) is 13.6. The van der Waals surface area contributed by atoms with E-state index in [0.29, 0.717) is 0 Å². The maximum absolute atomic E-state index is 4.53. The zero-order chi connectivity index (χ0) is 14.8. The molecule has 110 valence electrons. The minimum Gasteiger partial charge on any atom is -0.359 e. The molecule has 0 fully saturated rings. The van der Waals surface area contributed by atoms with Gasteiger partial charge in [0.1, 0.15) is 5.82 Å². The van der Waals surface area contributed by atoms with Gasteiger partial charge in [-0.2, -0.15) is 14.7 Å².